The Morgan fingerprint density at radius 3 is 2.95 bits per heavy atom. The summed E-state index contributed by atoms with van der Waals surface area (Å²) in [5.74, 6) is -0.0572. The zero-order valence-corrected chi connectivity index (χ0v) is 12.4. The summed E-state index contributed by atoms with van der Waals surface area (Å²) in [4.78, 5) is 16.8. The van der Waals surface area contributed by atoms with Crippen LogP contribution in [0.3, 0.4) is 0 Å². The van der Waals surface area contributed by atoms with E-state index in [1.54, 1.807) is 0 Å². The number of nitrogens with zero attached hydrogens (tertiary/aromatic N) is 1. The summed E-state index contributed by atoms with van der Waals surface area (Å²) in [6, 6.07) is 7.41. The SMILES string of the molecule is COC(=O)[C@@H]1[C@H]2N=C(SC)N[C@@]1(C)Oc1ccccc12. The molecule has 0 fully saturated rings. The van der Waals surface area contributed by atoms with Gasteiger partial charge in [0.05, 0.1) is 7.11 Å². The van der Waals surface area contributed by atoms with Gasteiger partial charge in [0.2, 0.25) is 0 Å². The van der Waals surface area contributed by atoms with Crippen LogP contribution in [0.2, 0.25) is 0 Å². The Balaban J connectivity index is 2.16. The van der Waals surface area contributed by atoms with Gasteiger partial charge in [-0.05, 0) is 19.2 Å². The van der Waals surface area contributed by atoms with Crippen LogP contribution in [0.25, 0.3) is 0 Å². The fourth-order valence-corrected chi connectivity index (χ4v) is 3.32. The quantitative estimate of drug-likeness (QED) is 0.802. The van der Waals surface area contributed by atoms with Gasteiger partial charge in [-0.3, -0.25) is 9.79 Å². The van der Waals surface area contributed by atoms with Crippen LogP contribution in [0, 0.1) is 5.92 Å². The highest BCUT2D eigenvalue weighted by Gasteiger charge is 2.54. The van der Waals surface area contributed by atoms with Crippen molar-refractivity contribution in [3.63, 3.8) is 0 Å². The number of benzene rings is 1. The number of thioether (sulfide) groups is 1. The number of hydrogen-bond donors (Lipinski definition) is 1. The number of aliphatic imine (C=N–C) groups is 1. The molecule has 0 unspecified atom stereocenters. The maximum absolute atomic E-state index is 12.2. The lowest BCUT2D eigenvalue weighted by Gasteiger charge is -2.47. The van der Waals surface area contributed by atoms with Crippen LogP contribution in [-0.2, 0) is 9.53 Å². The molecule has 0 radical (unpaired) electrons. The normalized spacial score (nSPS) is 30.4. The Kier molecular flexibility index (Phi) is 3.12. The summed E-state index contributed by atoms with van der Waals surface area (Å²) in [6.07, 6.45) is 1.94. The molecule has 1 aromatic rings. The van der Waals surface area contributed by atoms with Crippen molar-refractivity contribution >= 4 is 22.9 Å². The highest BCUT2D eigenvalue weighted by atomic mass is 32.2. The van der Waals surface area contributed by atoms with E-state index in [-0.39, 0.29) is 12.0 Å². The molecule has 0 aliphatic carbocycles. The Morgan fingerprint density at radius 2 is 2.25 bits per heavy atom. The van der Waals surface area contributed by atoms with Crippen molar-refractivity contribution in [3.8, 4) is 5.75 Å². The summed E-state index contributed by atoms with van der Waals surface area (Å²) in [5, 5.41) is 3.98. The average molecular weight is 292 g/mol. The van der Waals surface area contributed by atoms with Gasteiger partial charge in [0.1, 0.15) is 17.7 Å². The number of para-hydroxylation sites is 1. The van der Waals surface area contributed by atoms with Crippen molar-refractivity contribution in [3.05, 3.63) is 29.8 Å². The zero-order valence-electron chi connectivity index (χ0n) is 11.5. The van der Waals surface area contributed by atoms with E-state index in [1.807, 2.05) is 37.4 Å². The molecule has 0 spiro atoms. The molecule has 106 valence electrons. The van der Waals surface area contributed by atoms with Crippen LogP contribution in [0.15, 0.2) is 29.3 Å². The van der Waals surface area contributed by atoms with E-state index in [9.17, 15) is 4.79 Å². The molecular formula is C14H16N2O3S. The number of nitrogens with one attached hydrogen (secondary N) is 1. The minimum Gasteiger partial charge on any atom is -0.469 e. The Morgan fingerprint density at radius 1 is 1.50 bits per heavy atom. The molecule has 3 rings (SSSR count). The van der Waals surface area contributed by atoms with Crippen LogP contribution in [0.1, 0.15) is 18.5 Å². The van der Waals surface area contributed by atoms with Crippen molar-refractivity contribution in [1.29, 1.82) is 0 Å². The standard InChI is InChI=1S/C14H16N2O3S/c1-14-10(12(17)18-2)11(15-13(16-14)20-3)8-6-4-5-7-9(8)19-14/h4-7,10-11H,1-3H3,(H,15,16)/t10-,11-,14-/m0/s1. The van der Waals surface area contributed by atoms with Gasteiger partial charge in [-0.15, -0.1) is 0 Å². The lowest BCUT2D eigenvalue weighted by Crippen LogP contribution is -2.63. The van der Waals surface area contributed by atoms with Gasteiger partial charge in [-0.1, -0.05) is 30.0 Å². The third-order valence-corrected chi connectivity index (χ3v) is 4.32. The van der Waals surface area contributed by atoms with E-state index in [0.717, 1.165) is 16.5 Å². The molecule has 0 saturated carbocycles. The fourth-order valence-electron chi connectivity index (χ4n) is 2.79. The molecule has 5 nitrogen and oxygen atoms in total. The summed E-state index contributed by atoms with van der Waals surface area (Å²) >= 11 is 1.50. The van der Waals surface area contributed by atoms with Gasteiger partial charge in [0.25, 0.3) is 0 Å². The number of amidine groups is 1. The largest absolute Gasteiger partial charge is 0.469 e. The summed E-state index contributed by atoms with van der Waals surface area (Å²) in [7, 11) is 1.39. The number of fused-ring (bicyclic) bond motifs is 4. The number of methoxy groups -OCH3 is 1. The van der Waals surface area contributed by atoms with Gasteiger partial charge < -0.3 is 14.8 Å². The van der Waals surface area contributed by atoms with Crippen LogP contribution >= 0.6 is 11.8 Å². The predicted molar refractivity (Wildman–Crippen MR) is 77.8 cm³/mol. The number of hydrogen-bond acceptors (Lipinski definition) is 6. The van der Waals surface area contributed by atoms with Gasteiger partial charge in [0, 0.05) is 5.56 Å². The van der Waals surface area contributed by atoms with Crippen LogP contribution in [0.5, 0.6) is 5.75 Å². The summed E-state index contributed by atoms with van der Waals surface area (Å²) < 4.78 is 11.0. The van der Waals surface area contributed by atoms with Crippen LogP contribution in [0.4, 0.5) is 0 Å². The van der Waals surface area contributed by atoms with Gasteiger partial charge >= 0.3 is 5.97 Å². The number of carbonyl (C=O) groups is 1. The molecule has 0 amide bonds. The average Bonchev–Trinajstić information content (AvgIpc) is 2.44. The molecule has 3 atom stereocenters. The van der Waals surface area contributed by atoms with Crippen molar-refractivity contribution < 1.29 is 14.3 Å². The first-order chi connectivity index (χ1) is 9.59. The minimum absolute atomic E-state index is 0.277. The first kappa shape index (κ1) is 13.3. The fraction of sp³-hybridized carbons (Fsp3) is 0.429. The van der Waals surface area contributed by atoms with Crippen molar-refractivity contribution in [2.24, 2.45) is 10.9 Å². The second kappa shape index (κ2) is 4.70. The number of ether oxygens (including phenoxy) is 2. The van der Waals surface area contributed by atoms with Gasteiger partial charge in [0.15, 0.2) is 10.9 Å². The van der Waals surface area contributed by atoms with Crippen molar-refractivity contribution in [1.82, 2.24) is 5.32 Å². The van der Waals surface area contributed by atoms with E-state index in [0.29, 0.717) is 0 Å². The number of carbonyl (C=O) groups excluding carboxylic acids is 1. The molecule has 20 heavy (non-hydrogen) atoms. The molecule has 2 bridgehead atoms. The first-order valence-electron chi connectivity index (χ1n) is 6.35. The highest BCUT2D eigenvalue weighted by Crippen LogP contribution is 2.47. The molecular weight excluding hydrogens is 276 g/mol. The molecule has 2 heterocycles. The Hall–Kier alpha value is -1.69. The molecule has 6 heteroatoms. The second-order valence-electron chi connectivity index (χ2n) is 4.96. The van der Waals surface area contributed by atoms with Crippen molar-refractivity contribution in [2.45, 2.75) is 18.7 Å². The lowest BCUT2D eigenvalue weighted by atomic mass is 9.81. The lowest BCUT2D eigenvalue weighted by molar-refractivity contribution is -0.158. The third-order valence-electron chi connectivity index (χ3n) is 3.73. The monoisotopic (exact) mass is 292 g/mol. The Labute approximate surface area is 121 Å². The molecule has 1 aromatic carbocycles. The van der Waals surface area contributed by atoms with Gasteiger partial charge in [-0.2, -0.15) is 0 Å². The molecule has 1 N–H and O–H groups in total. The van der Waals surface area contributed by atoms with Crippen LogP contribution in [-0.4, -0.2) is 30.2 Å². The van der Waals surface area contributed by atoms with E-state index in [4.69, 9.17) is 9.47 Å². The molecule has 0 saturated heterocycles. The van der Waals surface area contributed by atoms with E-state index >= 15 is 0 Å². The number of esters is 1. The Bertz CT molecular complexity index is 590. The third kappa shape index (κ3) is 1.86. The predicted octanol–water partition coefficient (Wildman–Crippen LogP) is 1.95. The highest BCUT2D eigenvalue weighted by molar-refractivity contribution is 8.13. The van der Waals surface area contributed by atoms with Crippen LogP contribution < -0.4 is 10.1 Å². The smallest absolute Gasteiger partial charge is 0.317 e. The number of rotatable bonds is 1. The maximum atomic E-state index is 12.2. The molecule has 2 aliphatic heterocycles. The molecule has 2 aliphatic rings. The minimum atomic E-state index is -0.841. The zero-order chi connectivity index (χ0) is 14.3. The topological polar surface area (TPSA) is 59.9 Å². The van der Waals surface area contributed by atoms with Crippen molar-refractivity contribution in [2.75, 3.05) is 13.4 Å². The second-order valence-corrected chi connectivity index (χ2v) is 5.75. The van der Waals surface area contributed by atoms with E-state index in [1.165, 1.54) is 18.9 Å². The maximum Gasteiger partial charge on any atom is 0.317 e. The van der Waals surface area contributed by atoms with E-state index in [2.05, 4.69) is 10.3 Å². The summed E-state index contributed by atoms with van der Waals surface area (Å²) in [6.45, 7) is 1.86. The van der Waals surface area contributed by atoms with E-state index < -0.39 is 11.6 Å². The van der Waals surface area contributed by atoms with Gasteiger partial charge in [-0.25, -0.2) is 0 Å². The first-order valence-corrected chi connectivity index (χ1v) is 7.57. The molecule has 0 aromatic heterocycles. The summed E-state index contributed by atoms with van der Waals surface area (Å²) in [5.41, 5.74) is 0.0834.